The van der Waals surface area contributed by atoms with Crippen molar-refractivity contribution in [2.24, 2.45) is 5.73 Å². The van der Waals surface area contributed by atoms with Gasteiger partial charge in [0, 0.05) is 66.7 Å². The Hall–Kier alpha value is -5.14. The van der Waals surface area contributed by atoms with Gasteiger partial charge in [0.05, 0.1) is 20.8 Å². The van der Waals surface area contributed by atoms with Crippen LogP contribution in [0.25, 0.3) is 11.1 Å². The molecule has 4 rings (SSSR count). The maximum atomic E-state index is 13.3. The number of primary amides is 1. The van der Waals surface area contributed by atoms with Gasteiger partial charge >= 0.3 is 18.9 Å². The second-order valence-corrected chi connectivity index (χ2v) is 11.4. The molecule has 2 atom stereocenters. The van der Waals surface area contributed by atoms with E-state index in [-0.39, 0.29) is 52.2 Å². The molecular formula is C37H44LiN7O8-2. The standard InChI is InChI=1S/C36H40N7O8.CH3.Li.H/c1-20-25(7-5-9-27(20)42-35(48)29-11-32(50-3)22(14-39-29)13-38-24(17-44)18-45)26-8-6-10-28(21(26)2)43-36(49)30-12-33(51-4)23(15-40-30)16-41-31(19-46)34(37)47;;;/h5-12,14-15,24,31,38,41,44,46H,13,16-17,19H2,1-4H3,(H2,37,47)(H,42,48)(H,43,49);1H3;;/q2*-1;+1;-1/t24-,31-;;;/m1.../s1. The van der Waals surface area contributed by atoms with Gasteiger partial charge in [-0.2, -0.15) is 0 Å². The second kappa shape index (κ2) is 20.8. The van der Waals surface area contributed by atoms with Crippen molar-refractivity contribution in [3.8, 4) is 22.6 Å². The molecule has 278 valence electrons. The third-order valence-corrected chi connectivity index (χ3v) is 8.18. The smallest absolute Gasteiger partial charge is 1.00 e. The molecule has 15 nitrogen and oxygen atoms in total. The molecule has 4 aromatic rings. The monoisotopic (exact) mass is 721 g/mol. The van der Waals surface area contributed by atoms with Crippen LogP contribution in [0, 0.1) is 21.3 Å². The van der Waals surface area contributed by atoms with Gasteiger partial charge in [-0.05, 0) is 48.2 Å². The Kier molecular flexibility index (Phi) is 17.3. The molecule has 0 fully saturated rings. The Morgan fingerprint density at radius 3 is 1.64 bits per heavy atom. The van der Waals surface area contributed by atoms with Crippen LogP contribution in [0.15, 0.2) is 60.9 Å². The Balaban J connectivity index is 0.00000486. The van der Waals surface area contributed by atoms with Crippen LogP contribution in [0.1, 0.15) is 44.7 Å². The van der Waals surface area contributed by atoms with E-state index in [1.807, 2.05) is 38.1 Å². The van der Waals surface area contributed by atoms with E-state index >= 15 is 0 Å². The fraction of sp³-hybridized carbons (Fsp3) is 0.270. The number of anilines is 2. The number of benzene rings is 2. The normalized spacial score (nSPS) is 11.6. The van der Waals surface area contributed by atoms with Gasteiger partial charge in [0.15, 0.2) is 0 Å². The summed E-state index contributed by atoms with van der Waals surface area (Å²) in [7, 11) is 2.90. The number of rotatable bonds is 17. The maximum absolute atomic E-state index is 13.3. The van der Waals surface area contributed by atoms with E-state index in [1.165, 1.54) is 38.7 Å². The minimum atomic E-state index is -0.947. The van der Waals surface area contributed by atoms with Gasteiger partial charge in [0.1, 0.15) is 28.9 Å². The number of hydrogen-bond acceptors (Lipinski definition) is 12. The van der Waals surface area contributed by atoms with Gasteiger partial charge in [-0.3, -0.25) is 29.7 Å². The van der Waals surface area contributed by atoms with Gasteiger partial charge in [-0.1, -0.05) is 30.3 Å². The predicted molar refractivity (Wildman–Crippen MR) is 197 cm³/mol. The number of nitrogens with zero attached hydrogens (tertiary/aromatic N) is 2. The van der Waals surface area contributed by atoms with Crippen molar-refractivity contribution < 1.29 is 59.2 Å². The largest absolute Gasteiger partial charge is 1.00 e. The van der Waals surface area contributed by atoms with E-state index in [2.05, 4.69) is 31.2 Å². The number of aromatic nitrogens is 2. The molecule has 0 aliphatic carbocycles. The maximum Gasteiger partial charge on any atom is 1.00 e. The summed E-state index contributed by atoms with van der Waals surface area (Å²) >= 11 is 0. The molecule has 0 saturated heterocycles. The van der Waals surface area contributed by atoms with Crippen molar-refractivity contribution in [2.75, 3.05) is 38.1 Å². The van der Waals surface area contributed by atoms with E-state index < -0.39 is 43.0 Å². The Morgan fingerprint density at radius 1 is 0.811 bits per heavy atom. The molecule has 53 heavy (non-hydrogen) atoms. The number of pyridine rings is 2. The number of aliphatic hydroxyl groups excluding tert-OH is 2. The first-order valence-corrected chi connectivity index (χ1v) is 15.8. The van der Waals surface area contributed by atoms with Gasteiger partial charge in [-0.25, -0.2) is 6.29 Å². The Labute approximate surface area is 321 Å². The third kappa shape index (κ3) is 10.9. The molecule has 0 unspecified atom stereocenters. The molecule has 0 spiro atoms. The van der Waals surface area contributed by atoms with Crippen LogP contribution in [-0.2, 0) is 22.7 Å². The molecule has 0 saturated carbocycles. The first kappa shape index (κ1) is 44.0. The minimum absolute atomic E-state index is 0. The quantitative estimate of drug-likeness (QED) is 0.0533. The number of methoxy groups -OCH3 is 2. The van der Waals surface area contributed by atoms with E-state index in [9.17, 15) is 29.4 Å². The van der Waals surface area contributed by atoms with Crippen molar-refractivity contribution >= 4 is 35.4 Å². The molecule has 2 heterocycles. The van der Waals surface area contributed by atoms with E-state index in [0.29, 0.717) is 34.0 Å². The third-order valence-electron chi connectivity index (χ3n) is 8.18. The van der Waals surface area contributed by atoms with Crippen LogP contribution >= 0.6 is 0 Å². The fourth-order valence-corrected chi connectivity index (χ4v) is 5.19. The number of carbonyl (C=O) groups excluding carboxylic acids is 4. The number of ether oxygens (including phenoxy) is 2. The van der Waals surface area contributed by atoms with Crippen molar-refractivity contribution in [2.45, 2.75) is 39.0 Å². The minimum Gasteiger partial charge on any atom is -1.00 e. The Morgan fingerprint density at radius 2 is 1.26 bits per heavy atom. The van der Waals surface area contributed by atoms with Gasteiger partial charge < -0.3 is 55.0 Å². The molecule has 2 aromatic heterocycles. The van der Waals surface area contributed by atoms with Crippen LogP contribution in [-0.4, -0.2) is 83.7 Å². The number of carbonyl (C=O) groups is 3. The molecule has 2 aromatic carbocycles. The number of hydrogen-bond donors (Lipinski definition) is 7. The topological polar surface area (TPSA) is 227 Å². The Bertz CT molecular complexity index is 1920. The van der Waals surface area contributed by atoms with Crippen LogP contribution in [0.5, 0.6) is 11.5 Å². The number of aliphatic hydroxyl groups is 2. The summed E-state index contributed by atoms with van der Waals surface area (Å²) in [4.78, 5) is 57.5. The number of nitrogens with two attached hydrogens (primary N) is 1. The zero-order valence-electron chi connectivity index (χ0n) is 31.6. The average molecular weight is 722 g/mol. The number of nitrogens with one attached hydrogen (secondary N) is 4. The van der Waals surface area contributed by atoms with Crippen LogP contribution in [0.4, 0.5) is 11.4 Å². The summed E-state index contributed by atoms with van der Waals surface area (Å²) in [6.45, 7) is 3.15. The molecule has 0 radical (unpaired) electrons. The summed E-state index contributed by atoms with van der Waals surface area (Å²) in [5.74, 6) is -0.912. The SMILES string of the molecule is COc1cc(C(=O)Nc2cccc(-c3cccc(NC(=O)c4cc(OC)c(CN[C@H](CO)C(N)=O)cn4)c3C)c2C)ncc1CN[C@@H]([C-]=O)CO.[CH3-].[H-].[Li+]. The molecule has 3 amide bonds. The summed E-state index contributed by atoms with van der Waals surface area (Å²) in [5.41, 5.74) is 10.9. The predicted octanol–water partition coefficient (Wildman–Crippen LogP) is -0.655. The number of amides is 3. The molecule has 0 aliphatic heterocycles. The van der Waals surface area contributed by atoms with Crippen molar-refractivity contribution in [3.63, 3.8) is 0 Å². The van der Waals surface area contributed by atoms with Gasteiger partial charge in [0.25, 0.3) is 11.8 Å². The summed E-state index contributed by atoms with van der Waals surface area (Å²) in [5, 5.41) is 30.0. The molecule has 16 heteroatoms. The second-order valence-electron chi connectivity index (χ2n) is 11.4. The molecule has 0 aliphatic rings. The molecule has 8 N–H and O–H groups in total. The summed E-state index contributed by atoms with van der Waals surface area (Å²) < 4.78 is 10.9. The fourth-order valence-electron chi connectivity index (χ4n) is 5.19. The zero-order chi connectivity index (χ0) is 37.1. The average Bonchev–Trinajstić information content (AvgIpc) is 3.14. The van der Waals surface area contributed by atoms with Crippen LogP contribution in [0.2, 0.25) is 0 Å². The first-order valence-electron chi connectivity index (χ1n) is 15.8. The first-order chi connectivity index (χ1) is 24.5. The van der Waals surface area contributed by atoms with Crippen LogP contribution < -0.4 is 55.3 Å². The van der Waals surface area contributed by atoms with Crippen LogP contribution in [0.3, 0.4) is 0 Å². The van der Waals surface area contributed by atoms with Gasteiger partial charge in [-0.15, -0.1) is 0 Å². The van der Waals surface area contributed by atoms with E-state index in [0.717, 1.165) is 22.3 Å². The molecular weight excluding hydrogens is 677 g/mol. The van der Waals surface area contributed by atoms with E-state index in [1.54, 1.807) is 18.4 Å². The molecule has 0 bridgehead atoms. The van der Waals surface area contributed by atoms with Crippen molar-refractivity contribution in [1.82, 2.24) is 20.6 Å². The van der Waals surface area contributed by atoms with E-state index in [4.69, 9.17) is 15.2 Å². The zero-order valence-corrected chi connectivity index (χ0v) is 30.6. The van der Waals surface area contributed by atoms with Gasteiger partial charge in [0.2, 0.25) is 5.91 Å². The van der Waals surface area contributed by atoms with Crippen molar-refractivity contribution in [1.29, 1.82) is 0 Å². The summed E-state index contributed by atoms with van der Waals surface area (Å²) in [6, 6.07) is 12.2. The summed E-state index contributed by atoms with van der Waals surface area (Å²) in [6.07, 6.45) is 4.60. The van der Waals surface area contributed by atoms with Crippen molar-refractivity contribution in [3.05, 3.63) is 102 Å².